The molecule has 19 heavy (non-hydrogen) atoms. The number of nitrogens with zero attached hydrogens (tertiary/aromatic N) is 3. The van der Waals surface area contributed by atoms with Gasteiger partial charge in [0.05, 0.1) is 11.3 Å². The van der Waals surface area contributed by atoms with E-state index in [1.807, 2.05) is 6.07 Å². The van der Waals surface area contributed by atoms with Gasteiger partial charge in [-0.15, -0.1) is 10.2 Å². The van der Waals surface area contributed by atoms with Crippen molar-refractivity contribution in [3.8, 4) is 6.07 Å². The van der Waals surface area contributed by atoms with E-state index in [4.69, 9.17) is 22.0 Å². The highest BCUT2D eigenvalue weighted by Gasteiger charge is 2.07. The van der Waals surface area contributed by atoms with Gasteiger partial charge in [-0.3, -0.25) is 0 Å². The number of benzene rings is 1. The third-order valence-electron chi connectivity index (χ3n) is 2.25. The Morgan fingerprint density at radius 3 is 2.68 bits per heavy atom. The maximum atomic E-state index is 10.6. The van der Waals surface area contributed by atoms with Crippen LogP contribution in [0.4, 0.5) is 11.5 Å². The number of anilines is 2. The molecule has 0 radical (unpaired) electrons. The highest BCUT2D eigenvalue weighted by atomic mass is 35.5. The van der Waals surface area contributed by atoms with Crippen molar-refractivity contribution < 1.29 is 9.90 Å². The summed E-state index contributed by atoms with van der Waals surface area (Å²) < 4.78 is 0. The van der Waals surface area contributed by atoms with Crippen molar-refractivity contribution in [3.05, 3.63) is 46.6 Å². The van der Waals surface area contributed by atoms with Gasteiger partial charge in [0.2, 0.25) is 0 Å². The summed E-state index contributed by atoms with van der Waals surface area (Å²) in [7, 11) is 0. The van der Waals surface area contributed by atoms with Gasteiger partial charge in [0.15, 0.2) is 11.5 Å². The Hall–Kier alpha value is -2.65. The normalized spacial score (nSPS) is 9.68. The number of nitrogens with one attached hydrogen (secondary N) is 1. The minimum atomic E-state index is -1.15. The summed E-state index contributed by atoms with van der Waals surface area (Å²) >= 11 is 5.84. The second kappa shape index (κ2) is 5.33. The lowest BCUT2D eigenvalue weighted by atomic mass is 10.2. The Kier molecular flexibility index (Phi) is 3.59. The maximum Gasteiger partial charge on any atom is 0.356 e. The van der Waals surface area contributed by atoms with Crippen molar-refractivity contribution >= 4 is 29.1 Å². The van der Waals surface area contributed by atoms with Crippen molar-refractivity contribution in [3.63, 3.8) is 0 Å². The zero-order valence-electron chi connectivity index (χ0n) is 9.46. The number of aromatic nitrogens is 2. The summed E-state index contributed by atoms with van der Waals surface area (Å²) in [6, 6.07) is 9.53. The summed E-state index contributed by atoms with van der Waals surface area (Å²) in [5.41, 5.74) is 0.720. The molecular formula is C12H7ClN4O2. The van der Waals surface area contributed by atoms with E-state index in [-0.39, 0.29) is 5.69 Å². The van der Waals surface area contributed by atoms with Crippen LogP contribution < -0.4 is 5.32 Å². The Labute approximate surface area is 113 Å². The Balaban J connectivity index is 2.28. The zero-order chi connectivity index (χ0) is 13.8. The average Bonchev–Trinajstić information content (AvgIpc) is 2.39. The lowest BCUT2D eigenvalue weighted by Crippen LogP contribution is -2.04. The minimum absolute atomic E-state index is 0.155. The third-order valence-corrected chi connectivity index (χ3v) is 2.48. The highest BCUT2D eigenvalue weighted by Crippen LogP contribution is 2.23. The molecule has 1 aromatic carbocycles. The molecule has 0 saturated heterocycles. The molecule has 0 atom stereocenters. The largest absolute Gasteiger partial charge is 0.476 e. The molecule has 0 aliphatic rings. The second-order valence-electron chi connectivity index (χ2n) is 3.54. The maximum absolute atomic E-state index is 10.6. The van der Waals surface area contributed by atoms with Crippen LogP contribution in [0.5, 0.6) is 0 Å². The average molecular weight is 275 g/mol. The summed E-state index contributed by atoms with van der Waals surface area (Å²) in [6.07, 6.45) is 0. The predicted molar refractivity (Wildman–Crippen MR) is 68.4 cm³/mol. The van der Waals surface area contributed by atoms with E-state index in [2.05, 4.69) is 15.5 Å². The smallest absolute Gasteiger partial charge is 0.356 e. The van der Waals surface area contributed by atoms with Crippen molar-refractivity contribution in [1.29, 1.82) is 5.26 Å². The number of carboxylic acid groups (broad SMARTS) is 1. The van der Waals surface area contributed by atoms with Crippen LogP contribution in [-0.4, -0.2) is 21.3 Å². The van der Waals surface area contributed by atoms with Crippen LogP contribution in [0.2, 0.25) is 5.02 Å². The number of aromatic carboxylic acids is 1. The molecule has 94 valence electrons. The Morgan fingerprint density at radius 1 is 1.32 bits per heavy atom. The van der Waals surface area contributed by atoms with E-state index in [1.54, 1.807) is 18.2 Å². The summed E-state index contributed by atoms with van der Waals surface area (Å²) in [4.78, 5) is 10.6. The standard InChI is InChI=1S/C12H7ClN4O2/c13-8-2-1-7(6-14)10(5-8)15-11-4-3-9(12(18)19)16-17-11/h1-5H,(H,15,17)(H,18,19). The van der Waals surface area contributed by atoms with Crippen LogP contribution in [0, 0.1) is 11.3 Å². The molecule has 0 fully saturated rings. The molecule has 6 nitrogen and oxygen atoms in total. The number of carbonyl (C=O) groups is 1. The molecule has 0 aliphatic heterocycles. The molecular weight excluding hydrogens is 268 g/mol. The molecule has 0 aliphatic carbocycles. The van der Waals surface area contributed by atoms with E-state index in [0.29, 0.717) is 22.1 Å². The van der Waals surface area contributed by atoms with E-state index in [0.717, 1.165) is 0 Å². The molecule has 1 aromatic heterocycles. The van der Waals surface area contributed by atoms with Gasteiger partial charge in [-0.25, -0.2) is 4.79 Å². The summed E-state index contributed by atoms with van der Waals surface area (Å²) in [6.45, 7) is 0. The molecule has 1 heterocycles. The lowest BCUT2D eigenvalue weighted by Gasteiger charge is -2.07. The van der Waals surface area contributed by atoms with Gasteiger partial charge in [-0.05, 0) is 30.3 Å². The lowest BCUT2D eigenvalue weighted by molar-refractivity contribution is 0.0689. The molecule has 0 unspecified atom stereocenters. The van der Waals surface area contributed by atoms with Crippen molar-refractivity contribution in [2.75, 3.05) is 5.32 Å². The first kappa shape index (κ1) is 12.8. The van der Waals surface area contributed by atoms with E-state index >= 15 is 0 Å². The van der Waals surface area contributed by atoms with Gasteiger partial charge < -0.3 is 10.4 Å². The van der Waals surface area contributed by atoms with E-state index in [1.165, 1.54) is 12.1 Å². The number of nitriles is 1. The highest BCUT2D eigenvalue weighted by molar-refractivity contribution is 6.30. The molecule has 7 heteroatoms. The van der Waals surface area contributed by atoms with E-state index < -0.39 is 5.97 Å². The van der Waals surface area contributed by atoms with Gasteiger partial charge >= 0.3 is 5.97 Å². The summed E-state index contributed by atoms with van der Waals surface area (Å²) in [5, 5.41) is 28.2. The van der Waals surface area contributed by atoms with Crippen LogP contribution in [0.25, 0.3) is 0 Å². The second-order valence-corrected chi connectivity index (χ2v) is 3.97. The first-order valence-corrected chi connectivity index (χ1v) is 5.51. The van der Waals surface area contributed by atoms with Crippen molar-refractivity contribution in [1.82, 2.24) is 10.2 Å². The van der Waals surface area contributed by atoms with E-state index in [9.17, 15) is 4.79 Å². The minimum Gasteiger partial charge on any atom is -0.476 e. The van der Waals surface area contributed by atoms with Gasteiger partial charge in [-0.1, -0.05) is 11.6 Å². The SMILES string of the molecule is N#Cc1ccc(Cl)cc1Nc1ccc(C(=O)O)nn1. The number of hydrogen-bond donors (Lipinski definition) is 2. The van der Waals surface area contributed by atoms with Crippen molar-refractivity contribution in [2.45, 2.75) is 0 Å². The van der Waals surface area contributed by atoms with Gasteiger partial charge in [-0.2, -0.15) is 5.26 Å². The molecule has 2 N–H and O–H groups in total. The number of hydrogen-bond acceptors (Lipinski definition) is 5. The molecule has 2 rings (SSSR count). The fourth-order valence-corrected chi connectivity index (χ4v) is 1.54. The van der Waals surface area contributed by atoms with Crippen LogP contribution in [0.3, 0.4) is 0 Å². The number of carboxylic acids is 1. The summed E-state index contributed by atoms with van der Waals surface area (Å²) in [5.74, 6) is -0.830. The molecule has 2 aromatic rings. The Bertz CT molecular complexity index is 664. The molecule has 0 spiro atoms. The first-order valence-electron chi connectivity index (χ1n) is 5.14. The monoisotopic (exact) mass is 274 g/mol. The third kappa shape index (κ3) is 2.97. The van der Waals surface area contributed by atoms with Gasteiger partial charge in [0, 0.05) is 5.02 Å². The molecule has 0 amide bonds. The van der Waals surface area contributed by atoms with Gasteiger partial charge in [0.1, 0.15) is 6.07 Å². The number of halogens is 1. The Morgan fingerprint density at radius 2 is 2.11 bits per heavy atom. The molecule has 0 saturated carbocycles. The van der Waals surface area contributed by atoms with Crippen LogP contribution in [-0.2, 0) is 0 Å². The zero-order valence-corrected chi connectivity index (χ0v) is 10.2. The van der Waals surface area contributed by atoms with Crippen molar-refractivity contribution in [2.24, 2.45) is 0 Å². The first-order chi connectivity index (χ1) is 9.10. The fraction of sp³-hybridized carbons (Fsp3) is 0. The van der Waals surface area contributed by atoms with Gasteiger partial charge in [0.25, 0.3) is 0 Å². The fourth-order valence-electron chi connectivity index (χ4n) is 1.37. The predicted octanol–water partition coefficient (Wildman–Crippen LogP) is 2.44. The number of rotatable bonds is 3. The molecule has 0 bridgehead atoms. The van der Waals surface area contributed by atoms with Crippen LogP contribution in [0.15, 0.2) is 30.3 Å². The quantitative estimate of drug-likeness (QED) is 0.892. The topological polar surface area (TPSA) is 98.9 Å². The van der Waals surface area contributed by atoms with Crippen LogP contribution in [0.1, 0.15) is 16.1 Å². The van der Waals surface area contributed by atoms with Crippen LogP contribution >= 0.6 is 11.6 Å².